The maximum absolute atomic E-state index is 4.96. The van der Waals surface area contributed by atoms with E-state index in [0.29, 0.717) is 17.5 Å². The second-order valence-electron chi connectivity index (χ2n) is 13.6. The Labute approximate surface area is 298 Å². The van der Waals surface area contributed by atoms with E-state index in [1.807, 2.05) is 42.6 Å². The molecule has 0 unspecified atom stereocenters. The number of hydrogen-bond acceptors (Lipinski definition) is 4. The summed E-state index contributed by atoms with van der Waals surface area (Å²) in [5, 5.41) is 0. The molecular weight excluding hydrogens is 621 g/mol. The molecule has 4 heteroatoms. The summed E-state index contributed by atoms with van der Waals surface area (Å²) in [4.78, 5) is 19.1. The van der Waals surface area contributed by atoms with E-state index in [9.17, 15) is 0 Å². The van der Waals surface area contributed by atoms with Crippen molar-refractivity contribution in [3.63, 3.8) is 0 Å². The Hall–Kier alpha value is -6.52. The van der Waals surface area contributed by atoms with Crippen LogP contribution in [0.25, 0.3) is 78.7 Å². The molecule has 242 valence electrons. The molecule has 6 aromatic carbocycles. The lowest BCUT2D eigenvalue weighted by molar-refractivity contribution is 0.660. The summed E-state index contributed by atoms with van der Waals surface area (Å²) in [5.41, 5.74) is 15.2. The number of pyridine rings is 1. The molecule has 0 spiro atoms. The highest BCUT2D eigenvalue weighted by atomic mass is 15.0. The van der Waals surface area contributed by atoms with Gasteiger partial charge in [-0.2, -0.15) is 0 Å². The van der Waals surface area contributed by atoms with Crippen LogP contribution in [-0.2, 0) is 5.41 Å². The molecular formula is C47H34N4. The molecule has 0 atom stereocenters. The Morgan fingerprint density at radius 1 is 0.353 bits per heavy atom. The molecule has 1 aliphatic carbocycles. The van der Waals surface area contributed by atoms with Crippen molar-refractivity contribution >= 4 is 0 Å². The highest BCUT2D eigenvalue weighted by molar-refractivity contribution is 5.85. The summed E-state index contributed by atoms with van der Waals surface area (Å²) >= 11 is 0. The van der Waals surface area contributed by atoms with Gasteiger partial charge in [-0.3, -0.25) is 4.98 Å². The molecule has 8 aromatic rings. The summed E-state index contributed by atoms with van der Waals surface area (Å²) in [6, 6.07) is 55.5. The van der Waals surface area contributed by atoms with E-state index in [1.165, 1.54) is 33.4 Å². The van der Waals surface area contributed by atoms with Crippen molar-refractivity contribution in [3.05, 3.63) is 181 Å². The topological polar surface area (TPSA) is 51.6 Å². The summed E-state index contributed by atoms with van der Waals surface area (Å²) in [6.45, 7) is 4.64. The van der Waals surface area contributed by atoms with E-state index < -0.39 is 0 Å². The molecule has 0 bridgehead atoms. The first-order chi connectivity index (χ1) is 25.0. The molecule has 0 amide bonds. The molecule has 2 aromatic heterocycles. The van der Waals surface area contributed by atoms with Crippen LogP contribution in [0.4, 0.5) is 0 Å². The van der Waals surface area contributed by atoms with Gasteiger partial charge >= 0.3 is 0 Å². The molecule has 1 aliphatic rings. The number of fused-ring (bicyclic) bond motifs is 3. The highest BCUT2D eigenvalue weighted by Gasteiger charge is 2.35. The predicted octanol–water partition coefficient (Wildman–Crippen LogP) is 11.6. The molecule has 9 rings (SSSR count). The van der Waals surface area contributed by atoms with Crippen molar-refractivity contribution < 1.29 is 0 Å². The molecule has 4 nitrogen and oxygen atoms in total. The minimum Gasteiger partial charge on any atom is -0.264 e. The van der Waals surface area contributed by atoms with Crippen LogP contribution in [0.3, 0.4) is 0 Å². The summed E-state index contributed by atoms with van der Waals surface area (Å²) in [6.07, 6.45) is 3.66. The van der Waals surface area contributed by atoms with Crippen LogP contribution in [0.2, 0.25) is 0 Å². The number of hydrogen-bond donors (Lipinski definition) is 0. The van der Waals surface area contributed by atoms with Gasteiger partial charge in [0.1, 0.15) is 0 Å². The fourth-order valence-electron chi connectivity index (χ4n) is 7.26. The molecule has 2 heterocycles. The largest absolute Gasteiger partial charge is 0.264 e. The average molecular weight is 655 g/mol. The standard InChI is InChI=1S/C47H34N4/c1-47(2)42-13-7-6-12-40(42)41-29-38(26-27-43(41)47)33-16-14-31(15-17-33)32-18-22-36(23-19-32)45-49-44(35-9-4-3-5-10-35)50-46(51-45)37-24-20-34(21-25-37)39-11-8-28-48-30-39/h3-30H,1-2H3. The minimum atomic E-state index is 0.0126. The molecule has 51 heavy (non-hydrogen) atoms. The van der Waals surface area contributed by atoms with E-state index in [1.54, 1.807) is 6.20 Å². The van der Waals surface area contributed by atoms with E-state index in [4.69, 9.17) is 15.0 Å². The summed E-state index contributed by atoms with van der Waals surface area (Å²) in [7, 11) is 0. The van der Waals surface area contributed by atoms with Gasteiger partial charge in [0.2, 0.25) is 0 Å². The molecule has 0 N–H and O–H groups in total. The first kappa shape index (κ1) is 30.5. The van der Waals surface area contributed by atoms with E-state index in [0.717, 1.165) is 38.9 Å². The first-order valence-corrected chi connectivity index (χ1v) is 17.3. The van der Waals surface area contributed by atoms with Gasteiger partial charge in [0, 0.05) is 34.5 Å². The fraction of sp³-hybridized carbons (Fsp3) is 0.0638. The molecule has 0 radical (unpaired) electrons. The van der Waals surface area contributed by atoms with Crippen LogP contribution in [0, 0.1) is 0 Å². The van der Waals surface area contributed by atoms with Crippen molar-refractivity contribution in [2.75, 3.05) is 0 Å². The monoisotopic (exact) mass is 654 g/mol. The molecule has 0 fully saturated rings. The van der Waals surface area contributed by atoms with Crippen LogP contribution < -0.4 is 0 Å². The number of rotatable bonds is 6. The van der Waals surface area contributed by atoms with Gasteiger partial charge in [0.25, 0.3) is 0 Å². The summed E-state index contributed by atoms with van der Waals surface area (Å²) < 4.78 is 0. The fourth-order valence-corrected chi connectivity index (χ4v) is 7.26. The Balaban J connectivity index is 1.01. The summed E-state index contributed by atoms with van der Waals surface area (Å²) in [5.74, 6) is 1.92. The van der Waals surface area contributed by atoms with E-state index in [2.05, 4.69) is 140 Å². The lowest BCUT2D eigenvalue weighted by Crippen LogP contribution is -2.14. The van der Waals surface area contributed by atoms with Crippen molar-refractivity contribution in [2.45, 2.75) is 19.3 Å². The van der Waals surface area contributed by atoms with Crippen LogP contribution in [0.15, 0.2) is 170 Å². The normalized spacial score (nSPS) is 12.7. The molecule has 0 saturated heterocycles. The average Bonchev–Trinajstić information content (AvgIpc) is 3.44. The van der Waals surface area contributed by atoms with Gasteiger partial charge in [0.05, 0.1) is 0 Å². The van der Waals surface area contributed by atoms with Gasteiger partial charge in [-0.05, 0) is 67.8 Å². The lowest BCUT2D eigenvalue weighted by atomic mass is 9.82. The van der Waals surface area contributed by atoms with Crippen molar-refractivity contribution in [3.8, 4) is 78.7 Å². The smallest absolute Gasteiger partial charge is 0.164 e. The van der Waals surface area contributed by atoms with Gasteiger partial charge < -0.3 is 0 Å². The second-order valence-corrected chi connectivity index (χ2v) is 13.6. The van der Waals surface area contributed by atoms with E-state index in [-0.39, 0.29) is 5.41 Å². The van der Waals surface area contributed by atoms with Crippen molar-refractivity contribution in [1.29, 1.82) is 0 Å². The first-order valence-electron chi connectivity index (χ1n) is 17.3. The molecule has 0 saturated carbocycles. The Kier molecular flexibility index (Phi) is 7.44. The third kappa shape index (κ3) is 5.61. The second kappa shape index (κ2) is 12.4. The zero-order chi connectivity index (χ0) is 34.4. The number of nitrogens with zero attached hydrogens (tertiary/aromatic N) is 4. The van der Waals surface area contributed by atoms with Gasteiger partial charge in [-0.25, -0.2) is 15.0 Å². The lowest BCUT2D eigenvalue weighted by Gasteiger charge is -2.21. The molecule has 0 aliphatic heterocycles. The maximum atomic E-state index is 4.96. The Morgan fingerprint density at radius 3 is 1.35 bits per heavy atom. The highest BCUT2D eigenvalue weighted by Crippen LogP contribution is 2.49. The third-order valence-electron chi connectivity index (χ3n) is 10.1. The van der Waals surface area contributed by atoms with Gasteiger partial charge in [0.15, 0.2) is 17.5 Å². The quantitative estimate of drug-likeness (QED) is 0.179. The van der Waals surface area contributed by atoms with Gasteiger partial charge in [-0.1, -0.05) is 159 Å². The van der Waals surface area contributed by atoms with Crippen LogP contribution in [-0.4, -0.2) is 19.9 Å². The van der Waals surface area contributed by atoms with Crippen LogP contribution in [0.5, 0.6) is 0 Å². The van der Waals surface area contributed by atoms with Crippen LogP contribution >= 0.6 is 0 Å². The maximum Gasteiger partial charge on any atom is 0.164 e. The van der Waals surface area contributed by atoms with Crippen LogP contribution in [0.1, 0.15) is 25.0 Å². The SMILES string of the molecule is CC1(C)c2ccccc2-c2cc(-c3ccc(-c4ccc(-c5nc(-c6ccccc6)nc(-c6ccc(-c7cccnc7)cc6)n5)cc4)cc3)ccc21. The van der Waals surface area contributed by atoms with Gasteiger partial charge in [-0.15, -0.1) is 0 Å². The van der Waals surface area contributed by atoms with E-state index >= 15 is 0 Å². The predicted molar refractivity (Wildman–Crippen MR) is 208 cm³/mol. The Bertz CT molecular complexity index is 2500. The third-order valence-corrected chi connectivity index (χ3v) is 10.1. The van der Waals surface area contributed by atoms with Crippen molar-refractivity contribution in [2.24, 2.45) is 0 Å². The zero-order valence-electron chi connectivity index (χ0n) is 28.5. The minimum absolute atomic E-state index is 0.0126. The van der Waals surface area contributed by atoms with Crippen molar-refractivity contribution in [1.82, 2.24) is 19.9 Å². The number of aromatic nitrogens is 4. The number of benzene rings is 6. The Morgan fingerprint density at radius 2 is 0.784 bits per heavy atom. The zero-order valence-corrected chi connectivity index (χ0v) is 28.5.